The molecule has 102 valence electrons. The maximum Gasteiger partial charge on any atom is 0.148 e. The number of hydrogen-bond acceptors (Lipinski definition) is 1. The number of benzene rings is 2. The molecular formula is C18H20OSi. The zero-order chi connectivity index (χ0) is 14.6. The van der Waals surface area contributed by atoms with Crippen LogP contribution in [0.15, 0.2) is 73.8 Å². The van der Waals surface area contributed by atoms with Crippen molar-refractivity contribution in [1.29, 1.82) is 0 Å². The Morgan fingerprint density at radius 2 is 1.50 bits per heavy atom. The Bertz CT molecular complexity index is 623. The molecule has 0 unspecified atom stereocenters. The van der Waals surface area contributed by atoms with Crippen LogP contribution in [-0.4, -0.2) is 10.5 Å². The summed E-state index contributed by atoms with van der Waals surface area (Å²) in [5, 5.41) is 0. The molecule has 0 saturated heterocycles. The summed E-state index contributed by atoms with van der Waals surface area (Å²) < 4.78 is 5.83. The molecule has 0 heterocycles. The minimum absolute atomic E-state index is 0.606. The van der Waals surface area contributed by atoms with Gasteiger partial charge >= 0.3 is 0 Å². The predicted octanol–water partition coefficient (Wildman–Crippen LogP) is 3.53. The SMILES string of the molecule is C=CC(C=C)(O[SiH3])c1ccccc1-c1ccccc1C. The first-order valence-electron chi connectivity index (χ1n) is 6.66. The molecule has 1 nitrogen and oxygen atoms in total. The van der Waals surface area contributed by atoms with E-state index < -0.39 is 5.60 Å². The van der Waals surface area contributed by atoms with Crippen molar-refractivity contribution < 1.29 is 4.43 Å². The average molecular weight is 280 g/mol. The van der Waals surface area contributed by atoms with Crippen molar-refractivity contribution in [3.63, 3.8) is 0 Å². The molecule has 2 aromatic rings. The molecule has 0 amide bonds. The quantitative estimate of drug-likeness (QED) is 0.601. The van der Waals surface area contributed by atoms with Crippen LogP contribution in [0.1, 0.15) is 11.1 Å². The van der Waals surface area contributed by atoms with Crippen molar-refractivity contribution >= 4 is 10.5 Å². The largest absolute Gasteiger partial charge is 0.412 e. The van der Waals surface area contributed by atoms with Crippen molar-refractivity contribution in [2.45, 2.75) is 12.5 Å². The van der Waals surface area contributed by atoms with Gasteiger partial charge in [-0.1, -0.05) is 73.8 Å². The van der Waals surface area contributed by atoms with Gasteiger partial charge in [-0.25, -0.2) is 0 Å². The Hall–Kier alpha value is -1.90. The van der Waals surface area contributed by atoms with E-state index in [0.29, 0.717) is 10.5 Å². The monoisotopic (exact) mass is 280 g/mol. The fourth-order valence-corrected chi connectivity index (χ4v) is 3.07. The van der Waals surface area contributed by atoms with Gasteiger partial charge in [0.25, 0.3) is 0 Å². The Morgan fingerprint density at radius 1 is 0.950 bits per heavy atom. The second-order valence-electron chi connectivity index (χ2n) is 4.77. The van der Waals surface area contributed by atoms with E-state index in [9.17, 15) is 0 Å². The summed E-state index contributed by atoms with van der Waals surface area (Å²) in [6, 6.07) is 16.7. The van der Waals surface area contributed by atoms with Gasteiger partial charge in [0.15, 0.2) is 0 Å². The Morgan fingerprint density at radius 3 is 2.05 bits per heavy atom. The van der Waals surface area contributed by atoms with Crippen LogP contribution >= 0.6 is 0 Å². The van der Waals surface area contributed by atoms with Crippen molar-refractivity contribution in [2.24, 2.45) is 0 Å². The normalized spacial score (nSPS) is 11.2. The lowest BCUT2D eigenvalue weighted by molar-refractivity contribution is 0.194. The first-order chi connectivity index (χ1) is 9.68. The summed E-state index contributed by atoms with van der Waals surface area (Å²) in [6.07, 6.45) is 3.65. The van der Waals surface area contributed by atoms with Gasteiger partial charge < -0.3 is 4.43 Å². The van der Waals surface area contributed by atoms with E-state index >= 15 is 0 Å². The van der Waals surface area contributed by atoms with Crippen LogP contribution in [0.4, 0.5) is 0 Å². The molecule has 0 aliphatic carbocycles. The average Bonchev–Trinajstić information content (AvgIpc) is 2.51. The number of hydrogen-bond donors (Lipinski definition) is 0. The van der Waals surface area contributed by atoms with E-state index in [2.05, 4.69) is 62.5 Å². The van der Waals surface area contributed by atoms with E-state index in [-0.39, 0.29) is 0 Å². The molecule has 2 rings (SSSR count). The maximum atomic E-state index is 5.83. The highest BCUT2D eigenvalue weighted by Crippen LogP contribution is 2.36. The maximum absolute atomic E-state index is 5.83. The van der Waals surface area contributed by atoms with Gasteiger partial charge in [-0.05, 0) is 29.2 Å². The Balaban J connectivity index is 2.72. The summed E-state index contributed by atoms with van der Waals surface area (Å²) in [7, 11) is 0.616. The van der Waals surface area contributed by atoms with Crippen molar-refractivity contribution in [3.8, 4) is 11.1 Å². The third kappa shape index (κ3) is 2.40. The molecule has 0 aliphatic heterocycles. The van der Waals surface area contributed by atoms with Gasteiger partial charge in [0, 0.05) is 0 Å². The highest BCUT2D eigenvalue weighted by molar-refractivity contribution is 5.98. The van der Waals surface area contributed by atoms with Crippen molar-refractivity contribution in [1.82, 2.24) is 0 Å². The van der Waals surface area contributed by atoms with E-state index in [4.69, 9.17) is 4.43 Å². The molecule has 0 saturated carbocycles. The number of rotatable bonds is 5. The zero-order valence-corrected chi connectivity index (χ0v) is 14.1. The molecule has 0 spiro atoms. The summed E-state index contributed by atoms with van der Waals surface area (Å²) in [6.45, 7) is 9.99. The summed E-state index contributed by atoms with van der Waals surface area (Å²) in [5.74, 6) is 0. The molecule has 0 atom stereocenters. The summed E-state index contributed by atoms with van der Waals surface area (Å²) in [5.41, 5.74) is 4.12. The van der Waals surface area contributed by atoms with Gasteiger partial charge in [-0.2, -0.15) is 0 Å². The van der Waals surface area contributed by atoms with Gasteiger partial charge in [-0.15, -0.1) is 0 Å². The molecular weight excluding hydrogens is 260 g/mol. The smallest absolute Gasteiger partial charge is 0.148 e. The fourth-order valence-electron chi connectivity index (χ4n) is 2.51. The minimum atomic E-state index is -0.606. The van der Waals surface area contributed by atoms with E-state index in [1.165, 1.54) is 16.7 Å². The third-order valence-corrected chi connectivity index (χ3v) is 4.40. The predicted molar refractivity (Wildman–Crippen MR) is 89.7 cm³/mol. The van der Waals surface area contributed by atoms with E-state index in [1.807, 2.05) is 18.2 Å². The second kappa shape index (κ2) is 6.03. The minimum Gasteiger partial charge on any atom is -0.412 e. The van der Waals surface area contributed by atoms with Crippen LogP contribution in [0.5, 0.6) is 0 Å². The van der Waals surface area contributed by atoms with E-state index in [1.54, 1.807) is 0 Å². The van der Waals surface area contributed by atoms with Gasteiger partial charge in [0.1, 0.15) is 16.1 Å². The second-order valence-corrected chi connectivity index (χ2v) is 5.17. The Labute approximate surface area is 124 Å². The first kappa shape index (κ1) is 14.5. The fraction of sp³-hybridized carbons (Fsp3) is 0.111. The lowest BCUT2D eigenvalue weighted by Crippen LogP contribution is -2.24. The molecule has 2 heteroatoms. The molecule has 0 aromatic heterocycles. The molecule has 20 heavy (non-hydrogen) atoms. The highest BCUT2D eigenvalue weighted by Gasteiger charge is 2.27. The van der Waals surface area contributed by atoms with Gasteiger partial charge in [-0.3, -0.25) is 0 Å². The molecule has 0 fully saturated rings. The van der Waals surface area contributed by atoms with E-state index in [0.717, 1.165) is 5.56 Å². The van der Waals surface area contributed by atoms with Crippen LogP contribution < -0.4 is 0 Å². The standard InChI is InChI=1S/C18H20OSi/c1-4-18(5-2,19-20)17-13-9-8-12-16(17)15-11-7-6-10-14(15)3/h4-13H,1-2H2,3,20H3. The number of aryl methyl sites for hydroxylation is 1. The zero-order valence-electron chi connectivity index (χ0n) is 12.1. The van der Waals surface area contributed by atoms with Crippen LogP contribution in [0.25, 0.3) is 11.1 Å². The highest BCUT2D eigenvalue weighted by atomic mass is 28.2. The summed E-state index contributed by atoms with van der Waals surface area (Å²) in [4.78, 5) is 0. The molecule has 0 aliphatic rings. The van der Waals surface area contributed by atoms with Crippen LogP contribution in [0, 0.1) is 6.92 Å². The lowest BCUT2D eigenvalue weighted by Gasteiger charge is -2.29. The van der Waals surface area contributed by atoms with Crippen LogP contribution in [-0.2, 0) is 10.0 Å². The van der Waals surface area contributed by atoms with Gasteiger partial charge in [0.2, 0.25) is 0 Å². The third-order valence-electron chi connectivity index (χ3n) is 3.73. The van der Waals surface area contributed by atoms with Crippen LogP contribution in [0.2, 0.25) is 0 Å². The van der Waals surface area contributed by atoms with Gasteiger partial charge in [0.05, 0.1) is 0 Å². The first-order valence-corrected chi connectivity index (χ1v) is 7.48. The topological polar surface area (TPSA) is 9.23 Å². The molecule has 2 aromatic carbocycles. The molecule has 0 bridgehead atoms. The van der Waals surface area contributed by atoms with Crippen LogP contribution in [0.3, 0.4) is 0 Å². The molecule has 0 radical (unpaired) electrons. The Kier molecular flexibility index (Phi) is 4.38. The molecule has 0 N–H and O–H groups in total. The lowest BCUT2D eigenvalue weighted by atomic mass is 9.86. The summed E-state index contributed by atoms with van der Waals surface area (Å²) >= 11 is 0. The van der Waals surface area contributed by atoms with Crippen molar-refractivity contribution in [2.75, 3.05) is 0 Å². The van der Waals surface area contributed by atoms with Crippen molar-refractivity contribution in [3.05, 3.63) is 85.0 Å².